The van der Waals surface area contributed by atoms with Crippen LogP contribution >= 0.6 is 11.3 Å². The minimum absolute atomic E-state index is 0.914. The van der Waals surface area contributed by atoms with Crippen molar-refractivity contribution in [2.45, 2.75) is 0 Å². The van der Waals surface area contributed by atoms with E-state index in [1.165, 1.54) is 20.9 Å². The van der Waals surface area contributed by atoms with Gasteiger partial charge in [0.25, 0.3) is 0 Å². The third-order valence-electron chi connectivity index (χ3n) is 5.45. The number of nitrogens with zero attached hydrogens (tertiary/aromatic N) is 6. The maximum atomic E-state index is 4.41. The first-order valence-electron chi connectivity index (χ1n) is 11.9. The van der Waals surface area contributed by atoms with Gasteiger partial charge in [0.05, 0.1) is 26.8 Å². The molecule has 0 saturated heterocycles. The van der Waals surface area contributed by atoms with Crippen molar-refractivity contribution in [3.8, 4) is 0 Å². The maximum Gasteiger partial charge on any atom is 0.112 e. The van der Waals surface area contributed by atoms with Gasteiger partial charge in [0.15, 0.2) is 0 Å². The molecule has 184 valence electrons. The Morgan fingerprint density at radius 3 is 2.05 bits per heavy atom. The van der Waals surface area contributed by atoms with E-state index in [9.17, 15) is 0 Å². The first kappa shape index (κ1) is 24.6. The number of aromatic amines is 1. The van der Waals surface area contributed by atoms with Gasteiger partial charge in [-0.3, -0.25) is 10.1 Å². The number of fused-ring (bicyclic) bond motifs is 5. The van der Waals surface area contributed by atoms with E-state index >= 15 is 0 Å². The van der Waals surface area contributed by atoms with Crippen molar-refractivity contribution in [3.05, 3.63) is 133 Å². The molecule has 0 aliphatic rings. The van der Waals surface area contributed by atoms with E-state index in [0.29, 0.717) is 0 Å². The zero-order chi connectivity index (χ0) is 25.8. The summed E-state index contributed by atoms with van der Waals surface area (Å²) in [5.74, 6) is 0. The molecule has 0 aliphatic heterocycles. The van der Waals surface area contributed by atoms with Crippen LogP contribution in [-0.4, -0.2) is 35.6 Å². The van der Waals surface area contributed by atoms with Crippen molar-refractivity contribution < 1.29 is 0 Å². The van der Waals surface area contributed by atoms with Crippen LogP contribution in [0, 0.1) is 0 Å². The molecule has 0 aliphatic carbocycles. The van der Waals surface area contributed by atoms with Crippen LogP contribution in [0.4, 0.5) is 0 Å². The normalized spacial score (nSPS) is 10.1. The first-order chi connectivity index (χ1) is 18.9. The van der Waals surface area contributed by atoms with Crippen LogP contribution in [0.5, 0.6) is 0 Å². The van der Waals surface area contributed by atoms with E-state index in [0.717, 1.165) is 22.1 Å². The summed E-state index contributed by atoms with van der Waals surface area (Å²) in [5, 5.41) is 20.9. The number of H-pyrrole nitrogens is 1. The Balaban J connectivity index is 0.000000108. The van der Waals surface area contributed by atoms with E-state index < -0.39 is 0 Å². The van der Waals surface area contributed by atoms with Crippen molar-refractivity contribution in [1.29, 1.82) is 0 Å². The number of hydrogen-bond acceptors (Lipinski definition) is 7. The molecule has 1 N–H and O–H groups in total. The Kier molecular flexibility index (Phi) is 8.26. The number of nitrogens with one attached hydrogen (secondary N) is 1. The van der Waals surface area contributed by atoms with Gasteiger partial charge >= 0.3 is 0 Å². The highest BCUT2D eigenvalue weighted by atomic mass is 32.1. The fraction of sp³-hybridized carbons (Fsp3) is 0. The molecular formula is C30H23N7S. The highest BCUT2D eigenvalue weighted by Gasteiger charge is 1.98. The van der Waals surface area contributed by atoms with Gasteiger partial charge in [-0.1, -0.05) is 71.9 Å². The van der Waals surface area contributed by atoms with Crippen LogP contribution in [0.3, 0.4) is 0 Å². The van der Waals surface area contributed by atoms with Crippen LogP contribution < -0.4 is 0 Å². The summed E-state index contributed by atoms with van der Waals surface area (Å²) in [6.07, 6.45) is 5.12. The second-order valence-corrected chi connectivity index (χ2v) is 8.81. The smallest absolute Gasteiger partial charge is 0.112 e. The van der Waals surface area contributed by atoms with Crippen LogP contribution in [0.1, 0.15) is 0 Å². The molecular weight excluding hydrogens is 490 g/mol. The lowest BCUT2D eigenvalue weighted by Crippen LogP contribution is -1.79. The van der Waals surface area contributed by atoms with Crippen LogP contribution in [0.15, 0.2) is 133 Å². The molecule has 8 heteroatoms. The van der Waals surface area contributed by atoms with E-state index in [1.54, 1.807) is 23.7 Å². The first-order valence-corrected chi connectivity index (χ1v) is 12.7. The summed E-state index contributed by atoms with van der Waals surface area (Å²) < 4.78 is 1.26. The molecule has 4 aromatic heterocycles. The molecule has 0 fully saturated rings. The lowest BCUT2D eigenvalue weighted by molar-refractivity contribution is 0.959. The molecule has 0 saturated carbocycles. The summed E-state index contributed by atoms with van der Waals surface area (Å²) in [5.41, 5.74) is 5.95. The van der Waals surface area contributed by atoms with Crippen molar-refractivity contribution in [2.24, 2.45) is 0 Å². The molecule has 0 bridgehead atoms. The van der Waals surface area contributed by atoms with Crippen molar-refractivity contribution >= 4 is 54.3 Å². The van der Waals surface area contributed by atoms with Crippen molar-refractivity contribution in [2.75, 3.05) is 0 Å². The average molecular weight is 514 g/mol. The molecule has 0 spiro atoms. The van der Waals surface area contributed by atoms with E-state index in [4.69, 9.17) is 0 Å². The quantitative estimate of drug-likeness (QED) is 0.217. The van der Waals surface area contributed by atoms with Gasteiger partial charge in [0, 0.05) is 29.4 Å². The number of para-hydroxylation sites is 2. The second-order valence-electron chi connectivity index (χ2n) is 7.92. The predicted molar refractivity (Wildman–Crippen MR) is 155 cm³/mol. The second kappa shape index (κ2) is 12.8. The number of pyridine rings is 1. The molecule has 0 unspecified atom stereocenters. The summed E-state index contributed by atoms with van der Waals surface area (Å²) in [6, 6.07) is 36.2. The maximum absolute atomic E-state index is 4.41. The molecule has 0 atom stereocenters. The highest BCUT2D eigenvalue weighted by Crippen LogP contribution is 2.22. The van der Waals surface area contributed by atoms with Crippen LogP contribution in [-0.2, 0) is 0 Å². The Hall–Kier alpha value is -5.08. The number of rotatable bonds is 0. The Bertz CT molecular complexity index is 1640. The van der Waals surface area contributed by atoms with Gasteiger partial charge in [-0.2, -0.15) is 10.2 Å². The lowest BCUT2D eigenvalue weighted by Gasteiger charge is -2.01. The number of benzene rings is 4. The van der Waals surface area contributed by atoms with Gasteiger partial charge < -0.3 is 0 Å². The monoisotopic (exact) mass is 513 g/mol. The molecule has 4 heterocycles. The molecule has 38 heavy (non-hydrogen) atoms. The van der Waals surface area contributed by atoms with E-state index in [-0.39, 0.29) is 0 Å². The zero-order valence-corrected chi connectivity index (χ0v) is 21.1. The number of thiazole rings is 1. The third-order valence-corrected chi connectivity index (χ3v) is 6.26. The highest BCUT2D eigenvalue weighted by molar-refractivity contribution is 7.16. The lowest BCUT2D eigenvalue weighted by atomic mass is 10.1. The van der Waals surface area contributed by atoms with Gasteiger partial charge in [0.1, 0.15) is 5.52 Å². The Labute approximate surface area is 222 Å². The van der Waals surface area contributed by atoms with Crippen LogP contribution in [0.25, 0.3) is 42.9 Å². The predicted octanol–water partition coefficient (Wildman–Crippen LogP) is 7.12. The summed E-state index contributed by atoms with van der Waals surface area (Å²) >= 11 is 1.68. The van der Waals surface area contributed by atoms with Crippen molar-refractivity contribution in [3.63, 3.8) is 0 Å². The summed E-state index contributed by atoms with van der Waals surface area (Å²) in [7, 11) is 0. The molecule has 0 radical (unpaired) electrons. The van der Waals surface area contributed by atoms with E-state index in [1.807, 2.05) is 72.4 Å². The average Bonchev–Trinajstić information content (AvgIpc) is 3.69. The van der Waals surface area contributed by atoms with Gasteiger partial charge in [0.2, 0.25) is 0 Å². The number of hydrogen-bond donors (Lipinski definition) is 1. The standard InChI is InChI=1S/C13H9N.C7H5NS.C6H5N3.C4H4N2/c1-2-6-12-10(4-1)7-8-11-5-3-9-14-13(11)12;1-2-4-7-6(3-1)8-5-9-7;1-2-4-6-5(3-1)7-9-8-6;1-2-4-6-5-3-1/h1-9H;1-5H;1-4H,(H,7,8,9);1-4H. The third kappa shape index (κ3) is 6.37. The molecule has 0 amide bonds. The topological polar surface area (TPSA) is 93.1 Å². The molecule has 4 aromatic carbocycles. The van der Waals surface area contributed by atoms with Gasteiger partial charge in [-0.15, -0.1) is 16.4 Å². The summed E-state index contributed by atoms with van der Waals surface area (Å²) in [4.78, 5) is 8.55. The molecule has 8 aromatic rings. The fourth-order valence-corrected chi connectivity index (χ4v) is 4.34. The minimum atomic E-state index is 0.914. The minimum Gasteiger partial charge on any atom is -0.258 e. The van der Waals surface area contributed by atoms with Gasteiger partial charge in [-0.25, -0.2) is 4.98 Å². The Morgan fingerprint density at radius 2 is 1.26 bits per heavy atom. The molecule has 7 nitrogen and oxygen atoms in total. The Morgan fingerprint density at radius 1 is 0.553 bits per heavy atom. The SMILES string of the molecule is c1ccc2[nH]nnc2c1.c1ccc2c(c1)ccc1cccnc12.c1ccc2scnc2c1.c1ccnnc1. The number of aromatic nitrogens is 7. The largest absolute Gasteiger partial charge is 0.258 e. The van der Waals surface area contributed by atoms with Gasteiger partial charge in [-0.05, 0) is 47.9 Å². The zero-order valence-electron chi connectivity index (χ0n) is 20.3. The van der Waals surface area contributed by atoms with Crippen molar-refractivity contribution in [1.82, 2.24) is 35.6 Å². The van der Waals surface area contributed by atoms with Crippen LogP contribution in [0.2, 0.25) is 0 Å². The molecule has 8 rings (SSSR count). The summed E-state index contributed by atoms with van der Waals surface area (Å²) in [6.45, 7) is 0. The fourth-order valence-electron chi connectivity index (χ4n) is 3.66. The van der Waals surface area contributed by atoms with E-state index in [2.05, 4.69) is 84.1 Å².